The molecule has 0 fully saturated rings. The molecule has 1 rings (SSSR count). The van der Waals surface area contributed by atoms with Gasteiger partial charge in [0.25, 0.3) is 0 Å². The normalized spacial score (nSPS) is 13.2. The molecule has 4 nitrogen and oxygen atoms in total. The topological polar surface area (TPSA) is 60.9 Å². The number of hydrogen-bond acceptors (Lipinski definition) is 3. The first-order valence-corrected chi connectivity index (χ1v) is 5.23. The van der Waals surface area contributed by atoms with Crippen LogP contribution in [0.4, 0.5) is 0 Å². The second-order valence-corrected chi connectivity index (χ2v) is 4.18. The maximum atomic E-state index is 11.2. The van der Waals surface area contributed by atoms with Gasteiger partial charge in [0.1, 0.15) is 0 Å². The Bertz CT molecular complexity index is 271. The van der Waals surface area contributed by atoms with Crippen LogP contribution in [0.5, 0.6) is 0 Å². The van der Waals surface area contributed by atoms with Gasteiger partial charge < -0.3 is 5.73 Å². The van der Waals surface area contributed by atoms with Crippen LogP contribution in [0.2, 0.25) is 0 Å². The monoisotopic (exact) mass is 187 g/mol. The van der Waals surface area contributed by atoms with Crippen molar-refractivity contribution in [3.05, 3.63) is 18.0 Å². The Labute approximate surface area is 74.2 Å². The van der Waals surface area contributed by atoms with Gasteiger partial charge in [-0.15, -0.1) is 0 Å². The van der Waals surface area contributed by atoms with Gasteiger partial charge in [-0.3, -0.25) is 8.89 Å². The Kier molecular flexibility index (Phi) is 3.43. The first-order valence-electron chi connectivity index (χ1n) is 3.75. The average Bonchev–Trinajstić information content (AvgIpc) is 2.36. The highest BCUT2D eigenvalue weighted by molar-refractivity contribution is 7.84. The molecule has 0 bridgehead atoms. The molecule has 0 amide bonds. The Morgan fingerprint density at radius 2 is 2.50 bits per heavy atom. The van der Waals surface area contributed by atoms with E-state index < -0.39 is 10.8 Å². The standard InChI is InChI=1S/C7H13N3OS/c1-10-5-7(4-9-10)6-12(11)3-2-8/h4-5H,2-3,6,8H2,1H3. The highest BCUT2D eigenvalue weighted by Gasteiger charge is 2.01. The summed E-state index contributed by atoms with van der Waals surface area (Å²) in [5.41, 5.74) is 6.28. The third-order valence-corrected chi connectivity index (χ3v) is 2.78. The van der Waals surface area contributed by atoms with Gasteiger partial charge in [0.15, 0.2) is 0 Å². The number of aryl methyl sites for hydroxylation is 1. The van der Waals surface area contributed by atoms with Crippen LogP contribution in [0, 0.1) is 0 Å². The van der Waals surface area contributed by atoms with E-state index in [1.54, 1.807) is 10.9 Å². The molecule has 5 heteroatoms. The lowest BCUT2D eigenvalue weighted by atomic mass is 10.4. The summed E-state index contributed by atoms with van der Waals surface area (Å²) in [5, 5.41) is 3.98. The lowest BCUT2D eigenvalue weighted by Gasteiger charge is -1.95. The third-order valence-electron chi connectivity index (χ3n) is 1.43. The lowest BCUT2D eigenvalue weighted by Crippen LogP contribution is -2.11. The van der Waals surface area contributed by atoms with Crippen molar-refractivity contribution in [3.8, 4) is 0 Å². The van der Waals surface area contributed by atoms with E-state index in [-0.39, 0.29) is 0 Å². The molecule has 0 aromatic carbocycles. The lowest BCUT2D eigenvalue weighted by molar-refractivity contribution is 0.682. The summed E-state index contributed by atoms with van der Waals surface area (Å²) < 4.78 is 12.9. The van der Waals surface area contributed by atoms with Crippen molar-refractivity contribution in [2.75, 3.05) is 12.3 Å². The van der Waals surface area contributed by atoms with E-state index in [1.807, 2.05) is 13.2 Å². The number of aromatic nitrogens is 2. The number of rotatable bonds is 4. The maximum absolute atomic E-state index is 11.2. The first kappa shape index (κ1) is 9.41. The molecular formula is C7H13N3OS. The minimum atomic E-state index is -0.836. The molecule has 2 N–H and O–H groups in total. The molecule has 0 radical (unpaired) electrons. The zero-order chi connectivity index (χ0) is 8.97. The number of nitrogens with zero attached hydrogens (tertiary/aromatic N) is 2. The van der Waals surface area contributed by atoms with E-state index in [1.165, 1.54) is 0 Å². The quantitative estimate of drug-likeness (QED) is 0.699. The van der Waals surface area contributed by atoms with Crippen molar-refractivity contribution in [2.45, 2.75) is 5.75 Å². The summed E-state index contributed by atoms with van der Waals surface area (Å²) in [6.07, 6.45) is 3.60. The number of nitrogens with two attached hydrogens (primary N) is 1. The van der Waals surface area contributed by atoms with Gasteiger partial charge in [-0.1, -0.05) is 0 Å². The fourth-order valence-electron chi connectivity index (χ4n) is 0.936. The molecule has 0 spiro atoms. The fraction of sp³-hybridized carbons (Fsp3) is 0.571. The van der Waals surface area contributed by atoms with Crippen molar-refractivity contribution < 1.29 is 4.21 Å². The van der Waals surface area contributed by atoms with Crippen molar-refractivity contribution in [3.63, 3.8) is 0 Å². The van der Waals surface area contributed by atoms with E-state index >= 15 is 0 Å². The third kappa shape index (κ3) is 2.75. The van der Waals surface area contributed by atoms with Crippen LogP contribution < -0.4 is 5.73 Å². The predicted octanol–water partition coefficient (Wildman–Crippen LogP) is -0.372. The molecule has 0 aliphatic rings. The second-order valence-electron chi connectivity index (χ2n) is 2.60. The molecule has 1 aromatic heterocycles. The molecule has 1 heterocycles. The summed E-state index contributed by atoms with van der Waals surface area (Å²) in [7, 11) is 1.01. The van der Waals surface area contributed by atoms with Crippen LogP contribution in [-0.4, -0.2) is 26.3 Å². The fourth-order valence-corrected chi connectivity index (χ4v) is 1.86. The summed E-state index contributed by atoms with van der Waals surface area (Å²) in [4.78, 5) is 0. The van der Waals surface area contributed by atoms with Crippen LogP contribution in [0.3, 0.4) is 0 Å². The second kappa shape index (κ2) is 4.37. The highest BCUT2D eigenvalue weighted by atomic mass is 32.2. The molecule has 1 unspecified atom stereocenters. The van der Waals surface area contributed by atoms with Crippen molar-refractivity contribution >= 4 is 10.8 Å². The van der Waals surface area contributed by atoms with Crippen molar-refractivity contribution in [1.82, 2.24) is 9.78 Å². The molecule has 0 aliphatic heterocycles. The molecule has 0 saturated carbocycles. The molecular weight excluding hydrogens is 174 g/mol. The van der Waals surface area contributed by atoms with Gasteiger partial charge in [-0.2, -0.15) is 5.10 Å². The molecule has 0 aliphatic carbocycles. The maximum Gasteiger partial charge on any atom is 0.0531 e. The van der Waals surface area contributed by atoms with E-state index in [9.17, 15) is 4.21 Å². The van der Waals surface area contributed by atoms with Gasteiger partial charge >= 0.3 is 0 Å². The van der Waals surface area contributed by atoms with Gasteiger partial charge in [0, 0.05) is 41.9 Å². The number of hydrogen-bond donors (Lipinski definition) is 1. The molecule has 1 atom stereocenters. The van der Waals surface area contributed by atoms with E-state index in [0.717, 1.165) is 5.56 Å². The molecule has 68 valence electrons. The van der Waals surface area contributed by atoms with Crippen molar-refractivity contribution in [1.29, 1.82) is 0 Å². The van der Waals surface area contributed by atoms with E-state index in [2.05, 4.69) is 5.10 Å². The van der Waals surface area contributed by atoms with Gasteiger partial charge in [-0.05, 0) is 0 Å². The van der Waals surface area contributed by atoms with Crippen LogP contribution in [-0.2, 0) is 23.6 Å². The van der Waals surface area contributed by atoms with Gasteiger partial charge in [0.2, 0.25) is 0 Å². The van der Waals surface area contributed by atoms with Crippen LogP contribution in [0.25, 0.3) is 0 Å². The van der Waals surface area contributed by atoms with Gasteiger partial charge in [-0.25, -0.2) is 0 Å². The Morgan fingerprint density at radius 3 is 3.00 bits per heavy atom. The minimum absolute atomic E-state index is 0.479. The molecule has 0 saturated heterocycles. The average molecular weight is 187 g/mol. The van der Waals surface area contributed by atoms with Crippen LogP contribution in [0.1, 0.15) is 5.56 Å². The molecule has 12 heavy (non-hydrogen) atoms. The van der Waals surface area contributed by atoms with E-state index in [4.69, 9.17) is 5.73 Å². The minimum Gasteiger partial charge on any atom is -0.330 e. The first-order chi connectivity index (χ1) is 5.72. The zero-order valence-corrected chi connectivity index (χ0v) is 7.88. The summed E-state index contributed by atoms with van der Waals surface area (Å²) in [6, 6.07) is 0. The SMILES string of the molecule is Cn1cc(CS(=O)CCN)cn1. The largest absolute Gasteiger partial charge is 0.330 e. The Hall–Kier alpha value is -0.680. The summed E-state index contributed by atoms with van der Waals surface area (Å²) >= 11 is 0. The molecule has 1 aromatic rings. The van der Waals surface area contributed by atoms with Crippen molar-refractivity contribution in [2.24, 2.45) is 12.8 Å². The Morgan fingerprint density at radius 1 is 1.75 bits per heavy atom. The highest BCUT2D eigenvalue weighted by Crippen LogP contribution is 2.00. The predicted molar refractivity (Wildman–Crippen MR) is 49.0 cm³/mol. The summed E-state index contributed by atoms with van der Waals surface area (Å²) in [5.74, 6) is 1.12. The zero-order valence-electron chi connectivity index (χ0n) is 7.06. The Balaban J connectivity index is 2.46. The van der Waals surface area contributed by atoms with Gasteiger partial charge in [0.05, 0.1) is 11.9 Å². The summed E-state index contributed by atoms with van der Waals surface area (Å²) in [6.45, 7) is 0.479. The smallest absolute Gasteiger partial charge is 0.0531 e. The van der Waals surface area contributed by atoms with E-state index in [0.29, 0.717) is 18.1 Å². The van der Waals surface area contributed by atoms with Crippen LogP contribution >= 0.6 is 0 Å². The van der Waals surface area contributed by atoms with Crippen LogP contribution in [0.15, 0.2) is 12.4 Å².